The van der Waals surface area contributed by atoms with Crippen molar-refractivity contribution in [2.75, 3.05) is 6.61 Å². The van der Waals surface area contributed by atoms with E-state index in [1.807, 2.05) is 4.02 Å². The van der Waals surface area contributed by atoms with Crippen LogP contribution >= 0.6 is 9.29 Å². The summed E-state index contributed by atoms with van der Waals surface area (Å²) in [7, 11) is 4.87. The number of ether oxygens (including phenoxy) is 1. The Bertz CT molecular complexity index is 213. The maximum absolute atomic E-state index is 11.1. The van der Waals surface area contributed by atoms with E-state index in [1.54, 1.807) is 0 Å². The molecule has 0 bridgehead atoms. The van der Waals surface area contributed by atoms with Crippen LogP contribution in [0.1, 0.15) is 51.9 Å². The summed E-state index contributed by atoms with van der Waals surface area (Å²) in [4.78, 5) is 11.1. The molecule has 0 atom stereocenters. The van der Waals surface area contributed by atoms with Crippen molar-refractivity contribution in [3.63, 3.8) is 0 Å². The number of hydrogen-bond acceptors (Lipinski definition) is 3. The summed E-state index contributed by atoms with van der Waals surface area (Å²) in [6, 6.07) is 0. The first-order chi connectivity index (χ1) is 7.31. The molecule has 86 valence electrons. The van der Waals surface area contributed by atoms with Gasteiger partial charge in [-0.2, -0.15) is 0 Å². The first-order valence-corrected chi connectivity index (χ1v) is 11.2. The van der Waals surface area contributed by atoms with Gasteiger partial charge in [-0.3, -0.25) is 0 Å². The number of rotatable bonds is 9. The molecule has 0 aromatic rings. The van der Waals surface area contributed by atoms with E-state index in [4.69, 9.17) is 14.0 Å². The SMILES string of the molecule is CCCCCCCCOC(=O)C[CH]=[Sn]=[S]. The minimum atomic E-state index is -0.745. The van der Waals surface area contributed by atoms with Gasteiger partial charge in [0.1, 0.15) is 0 Å². The van der Waals surface area contributed by atoms with Gasteiger partial charge in [0.05, 0.1) is 0 Å². The summed E-state index contributed by atoms with van der Waals surface area (Å²) in [5.41, 5.74) is 0. The number of esters is 1. The Labute approximate surface area is 106 Å². The third-order valence-electron chi connectivity index (χ3n) is 2.11. The topological polar surface area (TPSA) is 26.3 Å². The fourth-order valence-corrected chi connectivity index (χ4v) is 2.52. The normalized spacial score (nSPS) is 9.40. The molecule has 0 amide bonds. The monoisotopic (exact) mass is 336 g/mol. The van der Waals surface area contributed by atoms with E-state index in [0.717, 1.165) is 6.42 Å². The van der Waals surface area contributed by atoms with Crippen molar-refractivity contribution < 1.29 is 9.53 Å². The summed E-state index contributed by atoms with van der Waals surface area (Å²) >= 11 is -0.745. The predicted octanol–water partition coefficient (Wildman–Crippen LogP) is 2.90. The van der Waals surface area contributed by atoms with Crippen molar-refractivity contribution in [1.82, 2.24) is 0 Å². The third kappa shape index (κ3) is 12.3. The molecule has 0 heterocycles. The Morgan fingerprint density at radius 2 is 1.93 bits per heavy atom. The second kappa shape index (κ2) is 12.4. The molecule has 0 aliphatic carbocycles. The van der Waals surface area contributed by atoms with Crippen molar-refractivity contribution in [3.8, 4) is 0 Å². The molecule has 0 saturated carbocycles. The zero-order chi connectivity index (χ0) is 11.4. The summed E-state index contributed by atoms with van der Waals surface area (Å²) in [5, 5.41) is 0. The molecular weight excluding hydrogens is 315 g/mol. The molecular formula is C11H20O2SSn. The van der Waals surface area contributed by atoms with Gasteiger partial charge in [-0.1, -0.05) is 0 Å². The van der Waals surface area contributed by atoms with Crippen LogP contribution < -0.4 is 0 Å². The Morgan fingerprint density at radius 3 is 2.60 bits per heavy atom. The van der Waals surface area contributed by atoms with Crippen LogP contribution in [0.5, 0.6) is 0 Å². The summed E-state index contributed by atoms with van der Waals surface area (Å²) in [6.45, 7) is 2.79. The summed E-state index contributed by atoms with van der Waals surface area (Å²) in [6.07, 6.45) is 7.78. The van der Waals surface area contributed by atoms with E-state index in [9.17, 15) is 4.79 Å². The van der Waals surface area contributed by atoms with Crippen LogP contribution in [0.15, 0.2) is 0 Å². The van der Waals surface area contributed by atoms with Gasteiger partial charge in [0.25, 0.3) is 0 Å². The number of unbranched alkanes of at least 4 members (excludes halogenated alkanes) is 5. The van der Waals surface area contributed by atoms with Crippen molar-refractivity contribution >= 4 is 38.0 Å². The number of carbonyl (C=O) groups is 1. The van der Waals surface area contributed by atoms with Crippen LogP contribution in [0.4, 0.5) is 0 Å². The van der Waals surface area contributed by atoms with E-state index >= 15 is 0 Å². The average molecular weight is 335 g/mol. The molecule has 0 aromatic heterocycles. The third-order valence-corrected chi connectivity index (χ3v) is 4.29. The number of hydrogen-bond donors (Lipinski definition) is 0. The Kier molecular flexibility index (Phi) is 12.7. The van der Waals surface area contributed by atoms with Crippen LogP contribution in [0, 0.1) is 0 Å². The fourth-order valence-electron chi connectivity index (χ4n) is 1.25. The van der Waals surface area contributed by atoms with E-state index in [-0.39, 0.29) is 5.97 Å². The van der Waals surface area contributed by atoms with Crippen molar-refractivity contribution in [1.29, 1.82) is 0 Å². The molecule has 0 unspecified atom stereocenters. The predicted molar refractivity (Wildman–Crippen MR) is 68.4 cm³/mol. The van der Waals surface area contributed by atoms with Crippen molar-refractivity contribution in [2.45, 2.75) is 51.9 Å². The molecule has 0 radical (unpaired) electrons. The molecule has 0 aromatic carbocycles. The molecule has 0 saturated heterocycles. The second-order valence-electron chi connectivity index (χ2n) is 3.51. The van der Waals surface area contributed by atoms with Gasteiger partial charge in [0, 0.05) is 0 Å². The molecule has 0 rings (SSSR count). The maximum atomic E-state index is 11.1. The first kappa shape index (κ1) is 15.4. The van der Waals surface area contributed by atoms with Crippen LogP contribution in [0.3, 0.4) is 0 Å². The minimum absolute atomic E-state index is 0.102. The zero-order valence-corrected chi connectivity index (χ0v) is 13.1. The molecule has 0 aliphatic heterocycles. The molecule has 2 nitrogen and oxygen atoms in total. The van der Waals surface area contributed by atoms with E-state index in [2.05, 4.69) is 6.92 Å². The molecule has 0 spiro atoms. The fraction of sp³-hybridized carbons (Fsp3) is 0.818. The van der Waals surface area contributed by atoms with Gasteiger partial charge in [-0.05, 0) is 0 Å². The van der Waals surface area contributed by atoms with Gasteiger partial charge in [0.15, 0.2) is 0 Å². The van der Waals surface area contributed by atoms with E-state index in [1.165, 1.54) is 32.1 Å². The van der Waals surface area contributed by atoms with Crippen LogP contribution in [-0.4, -0.2) is 35.3 Å². The Balaban J connectivity index is 3.16. The molecule has 15 heavy (non-hydrogen) atoms. The Morgan fingerprint density at radius 1 is 1.27 bits per heavy atom. The molecule has 0 aliphatic rings. The first-order valence-electron chi connectivity index (χ1n) is 5.66. The summed E-state index contributed by atoms with van der Waals surface area (Å²) in [5.74, 6) is -0.102. The van der Waals surface area contributed by atoms with Gasteiger partial charge >= 0.3 is 106 Å². The average Bonchev–Trinajstić information content (AvgIpc) is 2.25. The zero-order valence-electron chi connectivity index (χ0n) is 9.46. The molecule has 0 N–H and O–H groups in total. The van der Waals surface area contributed by atoms with Gasteiger partial charge in [0.2, 0.25) is 0 Å². The van der Waals surface area contributed by atoms with Gasteiger partial charge in [-0.15, -0.1) is 0 Å². The van der Waals surface area contributed by atoms with Crippen molar-refractivity contribution in [2.24, 2.45) is 0 Å². The Hall–Kier alpha value is 0.359. The molecule has 4 heteroatoms. The quantitative estimate of drug-likeness (QED) is 0.368. The van der Waals surface area contributed by atoms with Gasteiger partial charge in [-0.25, -0.2) is 0 Å². The van der Waals surface area contributed by atoms with E-state index in [0.29, 0.717) is 13.0 Å². The van der Waals surface area contributed by atoms with Gasteiger partial charge < -0.3 is 0 Å². The van der Waals surface area contributed by atoms with Crippen LogP contribution in [0.2, 0.25) is 0 Å². The van der Waals surface area contributed by atoms with E-state index < -0.39 is 18.7 Å². The van der Waals surface area contributed by atoms with Crippen molar-refractivity contribution in [3.05, 3.63) is 0 Å². The van der Waals surface area contributed by atoms with Crippen LogP contribution in [-0.2, 0) is 9.53 Å². The van der Waals surface area contributed by atoms with Crippen LogP contribution in [0.25, 0.3) is 0 Å². The number of carbonyl (C=O) groups excluding carboxylic acids is 1. The summed E-state index contributed by atoms with van der Waals surface area (Å²) < 4.78 is 6.99. The molecule has 0 fully saturated rings. The standard InChI is InChI=1S/C11H20O2.S.Sn/c1-3-5-6-7-8-9-10-13-11(12)4-2;;/h2H,3-10H2,1H3;;. The second-order valence-corrected chi connectivity index (χ2v) is 6.93.